The Morgan fingerprint density at radius 3 is 2.00 bits per heavy atom. The first-order valence-corrected chi connectivity index (χ1v) is 6.78. The largest absolute Gasteiger partial charge is 0.312 e. The molecule has 16 heavy (non-hydrogen) atoms. The van der Waals surface area contributed by atoms with Gasteiger partial charge >= 0.3 is 0 Å². The summed E-state index contributed by atoms with van der Waals surface area (Å²) in [6.07, 6.45) is 2.53. The van der Waals surface area contributed by atoms with E-state index >= 15 is 0 Å². The topological polar surface area (TPSA) is 15.3 Å². The first-order chi connectivity index (χ1) is 7.38. The second-order valence-electron chi connectivity index (χ2n) is 5.83. The summed E-state index contributed by atoms with van der Waals surface area (Å²) in [6, 6.07) is 1.28. The Hall–Kier alpha value is -0.0800. The van der Waals surface area contributed by atoms with Crippen LogP contribution in [-0.2, 0) is 0 Å². The summed E-state index contributed by atoms with van der Waals surface area (Å²) in [5.41, 5.74) is 0. The van der Waals surface area contributed by atoms with Crippen LogP contribution in [0.2, 0.25) is 0 Å². The molecule has 0 aromatic heterocycles. The minimum Gasteiger partial charge on any atom is -0.312 e. The smallest absolute Gasteiger partial charge is 0.0217 e. The lowest BCUT2D eigenvalue weighted by molar-refractivity contribution is 0.233. The van der Waals surface area contributed by atoms with E-state index in [1.165, 1.54) is 12.8 Å². The van der Waals surface area contributed by atoms with Crippen molar-refractivity contribution in [1.82, 2.24) is 10.2 Å². The van der Waals surface area contributed by atoms with Gasteiger partial charge in [-0.15, -0.1) is 0 Å². The van der Waals surface area contributed by atoms with Crippen LogP contribution in [0, 0.1) is 11.8 Å². The maximum absolute atomic E-state index is 3.68. The molecule has 3 unspecified atom stereocenters. The lowest BCUT2D eigenvalue weighted by Crippen LogP contribution is -2.43. The van der Waals surface area contributed by atoms with Crippen molar-refractivity contribution < 1.29 is 0 Å². The monoisotopic (exact) mass is 228 g/mol. The van der Waals surface area contributed by atoms with Crippen molar-refractivity contribution in [3.63, 3.8) is 0 Å². The van der Waals surface area contributed by atoms with Gasteiger partial charge in [0, 0.05) is 18.6 Å². The number of nitrogens with one attached hydrogen (secondary N) is 1. The Bertz CT molecular complexity index is 166. The number of hydrogen-bond donors (Lipinski definition) is 1. The number of rotatable bonds is 8. The lowest BCUT2D eigenvalue weighted by atomic mass is 9.99. The van der Waals surface area contributed by atoms with E-state index < -0.39 is 0 Å². The zero-order valence-corrected chi connectivity index (χ0v) is 12.4. The van der Waals surface area contributed by atoms with Crippen LogP contribution in [0.1, 0.15) is 47.5 Å². The van der Waals surface area contributed by atoms with E-state index in [1.54, 1.807) is 0 Å². The molecule has 3 atom stereocenters. The average molecular weight is 228 g/mol. The molecule has 0 aliphatic heterocycles. The summed E-state index contributed by atoms with van der Waals surface area (Å²) in [6.45, 7) is 12.6. The second kappa shape index (κ2) is 8.08. The maximum Gasteiger partial charge on any atom is 0.0217 e. The van der Waals surface area contributed by atoms with Crippen LogP contribution in [0.3, 0.4) is 0 Å². The molecule has 0 aliphatic rings. The molecule has 1 N–H and O–H groups in total. The molecular formula is C14H32N2. The Morgan fingerprint density at radius 1 is 1.06 bits per heavy atom. The van der Waals surface area contributed by atoms with Crippen LogP contribution in [0.4, 0.5) is 0 Å². The molecule has 0 heterocycles. The van der Waals surface area contributed by atoms with Gasteiger partial charge in [0.2, 0.25) is 0 Å². The lowest BCUT2D eigenvalue weighted by Gasteiger charge is -2.29. The van der Waals surface area contributed by atoms with Crippen molar-refractivity contribution in [2.45, 2.75) is 59.5 Å². The molecule has 0 radical (unpaired) electrons. The van der Waals surface area contributed by atoms with Crippen molar-refractivity contribution in [1.29, 1.82) is 0 Å². The third kappa shape index (κ3) is 6.49. The Balaban J connectivity index is 4.01. The highest BCUT2D eigenvalue weighted by Gasteiger charge is 2.16. The fourth-order valence-corrected chi connectivity index (χ4v) is 1.90. The summed E-state index contributed by atoms with van der Waals surface area (Å²) in [7, 11) is 4.37. The highest BCUT2D eigenvalue weighted by Crippen LogP contribution is 2.10. The van der Waals surface area contributed by atoms with Gasteiger partial charge in [0.05, 0.1) is 0 Å². The summed E-state index contributed by atoms with van der Waals surface area (Å²) < 4.78 is 0. The summed E-state index contributed by atoms with van der Waals surface area (Å²) in [5.74, 6) is 1.54. The van der Waals surface area contributed by atoms with E-state index in [2.05, 4.69) is 58.9 Å². The van der Waals surface area contributed by atoms with Crippen molar-refractivity contribution >= 4 is 0 Å². The molecule has 0 fully saturated rings. The fourth-order valence-electron chi connectivity index (χ4n) is 1.90. The molecule has 2 nitrogen and oxygen atoms in total. The van der Waals surface area contributed by atoms with Gasteiger partial charge in [-0.2, -0.15) is 0 Å². The average Bonchev–Trinajstić information content (AvgIpc) is 2.21. The van der Waals surface area contributed by atoms with Gasteiger partial charge in [0.25, 0.3) is 0 Å². The molecule has 0 aromatic rings. The molecule has 0 bridgehead atoms. The van der Waals surface area contributed by atoms with E-state index in [4.69, 9.17) is 0 Å². The Labute approximate surface area is 103 Å². The quantitative estimate of drug-likeness (QED) is 0.687. The van der Waals surface area contributed by atoms with Gasteiger partial charge in [-0.3, -0.25) is 0 Å². The summed E-state index contributed by atoms with van der Waals surface area (Å²) in [4.78, 5) is 2.34. The zero-order chi connectivity index (χ0) is 12.7. The first-order valence-electron chi connectivity index (χ1n) is 6.78. The molecule has 0 saturated heterocycles. The van der Waals surface area contributed by atoms with E-state index in [1.807, 2.05) is 0 Å². The van der Waals surface area contributed by atoms with Gasteiger partial charge in [-0.25, -0.2) is 0 Å². The third-order valence-corrected chi connectivity index (χ3v) is 3.65. The van der Waals surface area contributed by atoms with Crippen molar-refractivity contribution in [2.24, 2.45) is 11.8 Å². The fraction of sp³-hybridized carbons (Fsp3) is 1.00. The van der Waals surface area contributed by atoms with E-state index in [0.717, 1.165) is 18.4 Å². The van der Waals surface area contributed by atoms with Gasteiger partial charge in [-0.1, -0.05) is 34.1 Å². The molecule has 0 amide bonds. The molecule has 98 valence electrons. The Morgan fingerprint density at radius 2 is 1.62 bits per heavy atom. The predicted octanol–water partition coefficient (Wildman–Crippen LogP) is 2.99. The first kappa shape index (κ1) is 15.9. The molecule has 0 aromatic carbocycles. The predicted molar refractivity (Wildman–Crippen MR) is 73.8 cm³/mol. The normalized spacial score (nSPS) is 17.8. The highest BCUT2D eigenvalue weighted by atomic mass is 15.1. The second-order valence-corrected chi connectivity index (χ2v) is 5.83. The molecule has 0 saturated carbocycles. The van der Waals surface area contributed by atoms with Crippen LogP contribution in [0.5, 0.6) is 0 Å². The minimum absolute atomic E-state index is 0.625. The molecule has 0 rings (SSSR count). The summed E-state index contributed by atoms with van der Waals surface area (Å²) in [5, 5.41) is 3.68. The Kier molecular flexibility index (Phi) is 8.04. The van der Waals surface area contributed by atoms with Crippen molar-refractivity contribution in [3.8, 4) is 0 Å². The van der Waals surface area contributed by atoms with Crippen molar-refractivity contribution in [3.05, 3.63) is 0 Å². The van der Waals surface area contributed by atoms with Crippen LogP contribution >= 0.6 is 0 Å². The summed E-state index contributed by atoms with van der Waals surface area (Å²) >= 11 is 0. The zero-order valence-electron chi connectivity index (χ0n) is 12.4. The third-order valence-electron chi connectivity index (χ3n) is 3.65. The standard InChI is InChI=1S/C14H32N2/c1-8-12(4)13(5)15-10-14(16(6)7)9-11(2)3/h11-15H,8-10H2,1-7H3. The van der Waals surface area contributed by atoms with Crippen LogP contribution in [0.15, 0.2) is 0 Å². The molecule has 0 aliphatic carbocycles. The van der Waals surface area contributed by atoms with Gasteiger partial charge in [-0.05, 0) is 39.3 Å². The number of likely N-dealkylation sites (N-methyl/N-ethyl adjacent to an activating group) is 1. The SMILES string of the molecule is CCC(C)C(C)NCC(CC(C)C)N(C)C. The minimum atomic E-state index is 0.625. The van der Waals surface area contributed by atoms with Crippen LogP contribution < -0.4 is 5.32 Å². The molecule has 0 spiro atoms. The number of hydrogen-bond acceptors (Lipinski definition) is 2. The van der Waals surface area contributed by atoms with Crippen molar-refractivity contribution in [2.75, 3.05) is 20.6 Å². The molecule has 2 heteroatoms. The van der Waals surface area contributed by atoms with E-state index in [9.17, 15) is 0 Å². The van der Waals surface area contributed by atoms with Gasteiger partial charge < -0.3 is 10.2 Å². The van der Waals surface area contributed by atoms with Gasteiger partial charge in [0.15, 0.2) is 0 Å². The molecular weight excluding hydrogens is 196 g/mol. The maximum atomic E-state index is 3.68. The van der Waals surface area contributed by atoms with Gasteiger partial charge in [0.1, 0.15) is 0 Å². The van der Waals surface area contributed by atoms with E-state index in [0.29, 0.717) is 12.1 Å². The highest BCUT2D eigenvalue weighted by molar-refractivity contribution is 4.75. The van der Waals surface area contributed by atoms with Crippen LogP contribution in [0.25, 0.3) is 0 Å². The van der Waals surface area contributed by atoms with E-state index in [-0.39, 0.29) is 0 Å². The number of nitrogens with zero attached hydrogens (tertiary/aromatic N) is 1. The van der Waals surface area contributed by atoms with Crippen LogP contribution in [-0.4, -0.2) is 37.6 Å².